The monoisotopic (exact) mass is 1680 g/mol. The van der Waals surface area contributed by atoms with Crippen molar-refractivity contribution in [3.05, 3.63) is 287 Å². The summed E-state index contributed by atoms with van der Waals surface area (Å²) >= 11 is 0. The number of piperazine rings is 1. The summed E-state index contributed by atoms with van der Waals surface area (Å²) in [4.78, 5) is 76.5. The number of piperidine rings is 3. The van der Waals surface area contributed by atoms with E-state index in [1.807, 2.05) is 146 Å². The molecule has 4 saturated heterocycles. The molecule has 16 aromatic rings. The van der Waals surface area contributed by atoms with E-state index in [4.69, 9.17) is 31.9 Å². The van der Waals surface area contributed by atoms with Crippen molar-refractivity contribution in [2.75, 3.05) is 85.8 Å². The first kappa shape index (κ1) is 83.7. The number of aromatic nitrogens is 4. The van der Waals surface area contributed by atoms with Gasteiger partial charge in [-0.25, -0.2) is 19.2 Å². The molecule has 125 heavy (non-hydrogen) atoms. The summed E-state index contributed by atoms with van der Waals surface area (Å²) in [5.41, 5.74) is 9.89. The molecule has 4 aliphatic rings. The van der Waals surface area contributed by atoms with Gasteiger partial charge >= 0.3 is 23.9 Å². The van der Waals surface area contributed by atoms with Crippen LogP contribution in [0.25, 0.3) is 87.0 Å². The number of esters is 3. The lowest BCUT2D eigenvalue weighted by Crippen LogP contribution is -2.45. The predicted octanol–water partition coefficient (Wildman–Crippen LogP) is 19.3. The number of rotatable bonds is 18. The van der Waals surface area contributed by atoms with E-state index in [0.29, 0.717) is 110 Å². The number of furan rings is 4. The van der Waals surface area contributed by atoms with Crippen molar-refractivity contribution in [2.24, 2.45) is 0 Å². The number of nitrogens with zero attached hydrogens (tertiary/aromatic N) is 8. The van der Waals surface area contributed by atoms with Crippen LogP contribution < -0.4 is 5.32 Å². The number of hydrogen-bond donors (Lipinski definition) is 6. The van der Waals surface area contributed by atoms with Crippen molar-refractivity contribution in [3.8, 4) is 23.0 Å². The molecule has 0 bridgehead atoms. The number of carbonyl (C=O) groups excluding carboxylic acids is 3. The van der Waals surface area contributed by atoms with E-state index in [1.165, 1.54) is 51.4 Å². The first-order chi connectivity index (χ1) is 61.3. The van der Waals surface area contributed by atoms with Crippen molar-refractivity contribution < 1.29 is 76.6 Å². The molecule has 12 heterocycles. The number of pyridine rings is 4. The Hall–Kier alpha value is -13.6. The smallest absolute Gasteiger partial charge is 0.342 e. The molecule has 25 heteroatoms. The van der Waals surface area contributed by atoms with Gasteiger partial charge in [0, 0.05) is 163 Å². The van der Waals surface area contributed by atoms with Gasteiger partial charge in [-0.3, -0.25) is 39.5 Å². The third-order valence-electron chi connectivity index (χ3n) is 24.6. The molecular weight excluding hydrogens is 1580 g/mol. The summed E-state index contributed by atoms with van der Waals surface area (Å²) in [6.45, 7) is 12.7. The molecule has 6 N–H and O–H groups in total. The van der Waals surface area contributed by atoms with Crippen LogP contribution in [0.4, 0.5) is 0 Å². The number of benzene rings is 8. The quantitative estimate of drug-likeness (QED) is 0.0343. The van der Waals surface area contributed by atoms with Crippen LogP contribution in [-0.4, -0.2) is 175 Å². The molecule has 0 amide bonds. The van der Waals surface area contributed by atoms with E-state index in [2.05, 4.69) is 44.9 Å². The maximum Gasteiger partial charge on any atom is 0.342 e. The topological polar surface area (TPSA) is 326 Å². The fourth-order valence-corrected chi connectivity index (χ4v) is 19.0. The van der Waals surface area contributed by atoms with Crippen LogP contribution >= 0.6 is 0 Å². The Bertz CT molecular complexity index is 6370. The molecule has 4 unspecified atom stereocenters. The zero-order valence-corrected chi connectivity index (χ0v) is 69.7. The van der Waals surface area contributed by atoms with E-state index >= 15 is 0 Å². The molecule has 4 aliphatic heterocycles. The molecule has 638 valence electrons. The number of carboxylic acid groups (broad SMARTS) is 1. The number of phenols is 4. The Morgan fingerprint density at radius 1 is 0.344 bits per heavy atom. The number of ether oxygens (including phenoxy) is 3. The summed E-state index contributed by atoms with van der Waals surface area (Å²) in [5.74, 6) is -1.87. The van der Waals surface area contributed by atoms with Crippen molar-refractivity contribution in [2.45, 2.75) is 95.8 Å². The average Bonchev–Trinajstić information content (AvgIpc) is 1.67. The molecular formula is C100H97N9O16. The third kappa shape index (κ3) is 16.3. The van der Waals surface area contributed by atoms with E-state index < -0.39 is 23.9 Å². The van der Waals surface area contributed by atoms with E-state index in [0.717, 1.165) is 142 Å². The van der Waals surface area contributed by atoms with Gasteiger partial charge in [0.25, 0.3) is 0 Å². The zero-order valence-electron chi connectivity index (χ0n) is 69.7. The van der Waals surface area contributed by atoms with Gasteiger partial charge < -0.3 is 62.7 Å². The highest BCUT2D eigenvalue weighted by Crippen LogP contribution is 2.53. The van der Waals surface area contributed by atoms with Crippen LogP contribution in [-0.2, 0) is 14.2 Å². The van der Waals surface area contributed by atoms with Crippen molar-refractivity contribution in [1.82, 2.24) is 44.9 Å². The number of aromatic hydroxyl groups is 4. The number of nitrogens with one attached hydrogen (secondary N) is 1. The van der Waals surface area contributed by atoms with Gasteiger partial charge in [0.2, 0.25) is 0 Å². The SMILES string of the molecule is CCOC(=O)c1coc2c1c(C(c1ccncc1)N1CCCCC1)c(O)c1ccccc12.CCOC(=O)c1coc2c1c(C(c1ccncc1)N1CCNCC1)c(O)c1ccccc12.COC(=O)c1coc2c1c(C(c1ccncc1)N1CCCCC1)c(O)c1ccccc12.O=C(O)c1coc2c1c(C(c1ccncc1)N1CCCCC1)c(O)c1ccccc12. The van der Waals surface area contributed by atoms with E-state index in [-0.39, 0.29) is 65.9 Å². The fraction of sp³-hybridized carbons (Fsp3) is 0.280. The second-order valence-electron chi connectivity index (χ2n) is 31.7. The van der Waals surface area contributed by atoms with Gasteiger partial charge in [-0.1, -0.05) is 116 Å². The normalized spacial score (nSPS) is 15.9. The molecule has 0 radical (unpaired) electrons. The highest BCUT2D eigenvalue weighted by atomic mass is 16.5. The lowest BCUT2D eigenvalue weighted by atomic mass is 9.88. The zero-order chi connectivity index (χ0) is 86.2. The standard InChI is InChI=1S/C26H26N2O4.C25H25N3O4.C25H24N2O4.C24H22N2O4/c1-2-31-26(30)20-16-32-25-19-9-5-4-8-18(19)24(29)22(21(20)25)23(17-10-12-27-13-11-17)28-14-6-3-7-15-28;1-2-31-25(30)19-15-32-24-18-6-4-3-5-17(18)23(29)21(20(19)24)22(16-7-9-26-10-8-16)28-13-11-27-12-14-28;1-30-25(29)19-15-31-24-18-8-4-3-7-17(18)23(28)21(20(19)24)22(16-9-11-26-12-10-16)27-13-5-2-6-14-27;27-22-16-6-2-3-7-17(16)23-19(18(14-30-23)24(28)29)20(22)21(15-8-10-25-11-9-15)26-12-4-1-5-13-26/h4-5,8-13,16,23,29H,2-3,6-7,14-15H2,1H3;3-10,15,22,27,29H,2,11-14H2,1H3;3-4,7-12,15,22,28H,2,5-6,13-14H2,1H3;2-3,6-11,14,21,27H,1,4-5,12-13H2,(H,28,29). The minimum absolute atomic E-state index is 0.0668. The summed E-state index contributed by atoms with van der Waals surface area (Å²) in [5, 5.41) is 67.5. The number of carboxylic acids is 1. The molecule has 8 aromatic carbocycles. The van der Waals surface area contributed by atoms with Gasteiger partial charge in [-0.05, 0) is 162 Å². The van der Waals surface area contributed by atoms with Crippen molar-refractivity contribution in [1.29, 1.82) is 0 Å². The first-order valence-corrected chi connectivity index (χ1v) is 42.8. The summed E-state index contributed by atoms with van der Waals surface area (Å²) in [7, 11) is 1.35. The second-order valence-corrected chi connectivity index (χ2v) is 31.7. The molecule has 0 saturated carbocycles. The Morgan fingerprint density at radius 2 is 0.584 bits per heavy atom. The lowest BCUT2D eigenvalue weighted by molar-refractivity contribution is 0.0517. The van der Waals surface area contributed by atoms with Crippen molar-refractivity contribution in [3.63, 3.8) is 0 Å². The fourth-order valence-electron chi connectivity index (χ4n) is 19.0. The summed E-state index contributed by atoms with van der Waals surface area (Å²) in [6, 6.07) is 44.7. The molecule has 4 fully saturated rings. The Morgan fingerprint density at radius 3 is 0.840 bits per heavy atom. The van der Waals surface area contributed by atoms with E-state index in [9.17, 15) is 44.7 Å². The molecule has 0 aliphatic carbocycles. The Kier molecular flexibility index (Phi) is 25.2. The predicted molar refractivity (Wildman–Crippen MR) is 477 cm³/mol. The number of fused-ring (bicyclic) bond motifs is 12. The number of likely N-dealkylation sites (tertiary alicyclic amines) is 3. The first-order valence-electron chi connectivity index (χ1n) is 42.8. The van der Waals surface area contributed by atoms with Gasteiger partial charge in [0.1, 0.15) is 92.6 Å². The van der Waals surface area contributed by atoms with Gasteiger partial charge in [-0.2, -0.15) is 0 Å². The Balaban J connectivity index is 0.000000118. The van der Waals surface area contributed by atoms with Crippen molar-refractivity contribution >= 4 is 111 Å². The number of phenolic OH excluding ortho intramolecular Hbond substituents is 4. The molecule has 20 rings (SSSR count). The highest BCUT2D eigenvalue weighted by molar-refractivity contribution is 6.20. The van der Waals surface area contributed by atoms with Crippen LogP contribution in [0.3, 0.4) is 0 Å². The molecule has 0 spiro atoms. The molecule has 25 nitrogen and oxygen atoms in total. The third-order valence-corrected chi connectivity index (χ3v) is 24.6. The summed E-state index contributed by atoms with van der Waals surface area (Å²) in [6.07, 6.45) is 29.7. The van der Waals surface area contributed by atoms with E-state index in [1.54, 1.807) is 63.4 Å². The highest BCUT2D eigenvalue weighted by Gasteiger charge is 2.39. The van der Waals surface area contributed by atoms with Crippen LogP contribution in [0.2, 0.25) is 0 Å². The minimum Gasteiger partial charge on any atom is -0.507 e. The van der Waals surface area contributed by atoms with Gasteiger partial charge in [0.05, 0.1) is 44.5 Å². The second kappa shape index (κ2) is 37.6. The largest absolute Gasteiger partial charge is 0.507 e. The molecule has 4 atom stereocenters. The van der Waals surface area contributed by atoms with Gasteiger partial charge in [-0.15, -0.1) is 0 Å². The minimum atomic E-state index is -1.07. The number of aromatic carboxylic acids is 1. The maximum absolute atomic E-state index is 12.9. The average molecular weight is 1680 g/mol. The Labute approximate surface area is 720 Å². The lowest BCUT2D eigenvalue weighted by Gasteiger charge is -2.36. The maximum atomic E-state index is 12.9. The number of methoxy groups -OCH3 is 1. The summed E-state index contributed by atoms with van der Waals surface area (Å²) < 4.78 is 39.3. The van der Waals surface area contributed by atoms with Crippen LogP contribution in [0, 0.1) is 0 Å². The van der Waals surface area contributed by atoms with Crippen LogP contribution in [0.5, 0.6) is 23.0 Å². The van der Waals surface area contributed by atoms with Crippen LogP contribution in [0.1, 0.15) is 182 Å². The van der Waals surface area contributed by atoms with Gasteiger partial charge in [0.15, 0.2) is 0 Å². The number of hydrogen-bond acceptors (Lipinski definition) is 24. The number of carbonyl (C=O) groups is 4. The molecule has 8 aromatic heterocycles. The van der Waals surface area contributed by atoms with Crippen LogP contribution in [0.15, 0.2) is 238 Å².